The van der Waals surface area contributed by atoms with Crippen LogP contribution in [-0.2, 0) is 27.9 Å². The van der Waals surface area contributed by atoms with Crippen LogP contribution in [0.3, 0.4) is 0 Å². The minimum Gasteiger partial charge on any atom is -0.756 e. The van der Waals surface area contributed by atoms with Crippen molar-refractivity contribution in [3.05, 3.63) is 24.3 Å². The SMILES string of the molecule is CCCCCCCC/C=C/CCCCCCCCCCCCCCCCCCCC(=O)NC(COP(=O)([O-])OCC[N+](C)(C)C)C(/C=C\CCCCCCCCCCCCC)OC(=O)CCCCCCCCCCCCCCCC. The van der Waals surface area contributed by atoms with Crippen molar-refractivity contribution in [1.82, 2.24) is 5.32 Å². The summed E-state index contributed by atoms with van der Waals surface area (Å²) in [5.74, 6) is -0.518. The zero-order valence-electron chi connectivity index (χ0n) is 54.3. The molecule has 0 aromatic rings. The van der Waals surface area contributed by atoms with Gasteiger partial charge >= 0.3 is 5.97 Å². The van der Waals surface area contributed by atoms with Gasteiger partial charge in [0.15, 0.2) is 0 Å². The van der Waals surface area contributed by atoms with Crippen LogP contribution in [0.5, 0.6) is 0 Å². The topological polar surface area (TPSA) is 114 Å². The molecular formula is C70H137N2O7P. The monoisotopic (exact) mass is 1150 g/mol. The minimum atomic E-state index is -4.70. The first kappa shape index (κ1) is 78.5. The highest BCUT2D eigenvalue weighted by atomic mass is 31.2. The number of nitrogens with zero attached hydrogens (tertiary/aromatic N) is 1. The summed E-state index contributed by atoms with van der Waals surface area (Å²) in [5, 5.41) is 3.05. The molecule has 0 spiro atoms. The number of phosphoric acid groups is 1. The third-order valence-corrected chi connectivity index (χ3v) is 17.1. The van der Waals surface area contributed by atoms with Gasteiger partial charge in [0.2, 0.25) is 5.91 Å². The van der Waals surface area contributed by atoms with E-state index in [2.05, 4.69) is 38.2 Å². The van der Waals surface area contributed by atoms with Crippen molar-refractivity contribution in [1.29, 1.82) is 0 Å². The molecule has 0 aliphatic heterocycles. The van der Waals surface area contributed by atoms with Crippen molar-refractivity contribution in [2.24, 2.45) is 0 Å². The van der Waals surface area contributed by atoms with Crippen molar-refractivity contribution in [3.63, 3.8) is 0 Å². The Morgan fingerprint density at radius 1 is 0.425 bits per heavy atom. The van der Waals surface area contributed by atoms with Crippen LogP contribution in [0.25, 0.3) is 0 Å². The lowest BCUT2D eigenvalue weighted by Crippen LogP contribution is -2.47. The lowest BCUT2D eigenvalue weighted by atomic mass is 10.0. The number of likely N-dealkylation sites (N-methyl/N-ethyl adjacent to an activating group) is 1. The van der Waals surface area contributed by atoms with Crippen molar-refractivity contribution < 1.29 is 37.3 Å². The number of hydrogen-bond donors (Lipinski definition) is 1. The molecule has 0 saturated carbocycles. The molecule has 1 amide bonds. The average molecular weight is 1150 g/mol. The maximum absolute atomic E-state index is 13.6. The molecule has 1 N–H and O–H groups in total. The maximum atomic E-state index is 13.6. The van der Waals surface area contributed by atoms with E-state index in [-0.39, 0.29) is 31.5 Å². The third-order valence-electron chi connectivity index (χ3n) is 16.1. The summed E-state index contributed by atoms with van der Waals surface area (Å²) in [6, 6.07) is -0.882. The van der Waals surface area contributed by atoms with Gasteiger partial charge in [-0.3, -0.25) is 14.2 Å². The molecule has 0 bridgehead atoms. The van der Waals surface area contributed by atoms with Crippen LogP contribution in [0, 0.1) is 0 Å². The number of ether oxygens (including phenoxy) is 1. The van der Waals surface area contributed by atoms with Crippen molar-refractivity contribution in [2.45, 2.75) is 373 Å². The second kappa shape index (κ2) is 60.6. The Labute approximate surface area is 498 Å². The number of carbonyl (C=O) groups excluding carboxylic acids is 2. The Hall–Kier alpha value is -1.51. The Balaban J connectivity index is 4.97. The highest BCUT2D eigenvalue weighted by Gasteiger charge is 2.27. The fraction of sp³-hybridized carbons (Fsp3) is 0.914. The van der Waals surface area contributed by atoms with Gasteiger partial charge < -0.3 is 28.5 Å². The van der Waals surface area contributed by atoms with Gasteiger partial charge in [0.1, 0.15) is 19.3 Å². The smallest absolute Gasteiger partial charge is 0.306 e. The van der Waals surface area contributed by atoms with Gasteiger partial charge in [-0.15, -0.1) is 0 Å². The molecule has 3 unspecified atom stereocenters. The molecule has 0 aromatic carbocycles. The number of hydrogen-bond acceptors (Lipinski definition) is 7. The number of nitrogens with one attached hydrogen (secondary N) is 1. The van der Waals surface area contributed by atoms with Crippen molar-refractivity contribution in [2.75, 3.05) is 40.9 Å². The number of esters is 1. The molecule has 0 radical (unpaired) electrons. The number of rotatable bonds is 65. The number of quaternary nitrogens is 1. The van der Waals surface area contributed by atoms with Gasteiger partial charge in [-0.05, 0) is 57.4 Å². The predicted octanol–water partition coefficient (Wildman–Crippen LogP) is 21.4. The summed E-state index contributed by atoms with van der Waals surface area (Å²) in [6.07, 6.45) is 73.0. The van der Waals surface area contributed by atoms with Crippen LogP contribution in [0.4, 0.5) is 0 Å². The van der Waals surface area contributed by atoms with Crippen molar-refractivity contribution >= 4 is 19.7 Å². The molecule has 0 aliphatic rings. The standard InChI is InChI=1S/C70H137N2O7P/c1-7-10-13-16-19-22-25-28-30-31-32-33-34-35-36-37-38-39-40-41-42-44-47-50-53-56-59-62-69(73)71-67(66-78-80(75,76)77-65-64-72(4,5)6)68(61-58-55-52-49-46-43-27-24-21-18-15-12-9-3)79-70(74)63-60-57-54-51-48-45-29-26-23-20-17-14-11-8-2/h28,30,58,61,67-68H,7-27,29,31-57,59-60,62-66H2,1-6H3,(H-,71,73,75,76)/b30-28+,61-58-. The average Bonchev–Trinajstić information content (AvgIpc) is 3.42. The molecule has 0 fully saturated rings. The summed E-state index contributed by atoms with van der Waals surface area (Å²) in [5.41, 5.74) is 0. The lowest BCUT2D eigenvalue weighted by Gasteiger charge is -2.30. The number of amides is 1. The normalized spacial score (nSPS) is 13.6. The number of allylic oxidation sites excluding steroid dienone is 3. The van der Waals surface area contributed by atoms with E-state index in [4.69, 9.17) is 13.8 Å². The molecule has 0 aromatic heterocycles. The Bertz CT molecular complexity index is 1420. The van der Waals surface area contributed by atoms with Crippen LogP contribution in [0.15, 0.2) is 24.3 Å². The number of phosphoric ester groups is 1. The van der Waals surface area contributed by atoms with E-state index >= 15 is 0 Å². The van der Waals surface area contributed by atoms with Crippen LogP contribution in [-0.4, -0.2) is 69.4 Å². The van der Waals surface area contributed by atoms with E-state index in [0.717, 1.165) is 57.8 Å². The summed E-state index contributed by atoms with van der Waals surface area (Å²) in [4.78, 5) is 40.1. The molecule has 80 heavy (non-hydrogen) atoms. The van der Waals surface area contributed by atoms with Gasteiger partial charge in [0, 0.05) is 12.8 Å². The lowest BCUT2D eigenvalue weighted by molar-refractivity contribution is -0.870. The van der Waals surface area contributed by atoms with E-state index in [1.165, 1.54) is 270 Å². The van der Waals surface area contributed by atoms with Gasteiger partial charge in [-0.1, -0.05) is 315 Å². The van der Waals surface area contributed by atoms with Gasteiger partial charge in [-0.25, -0.2) is 0 Å². The summed E-state index contributed by atoms with van der Waals surface area (Å²) < 4.78 is 30.4. The van der Waals surface area contributed by atoms with E-state index in [1.54, 1.807) is 0 Å². The first-order valence-electron chi connectivity index (χ1n) is 35.1. The molecule has 10 heteroatoms. The first-order chi connectivity index (χ1) is 38.9. The highest BCUT2D eigenvalue weighted by molar-refractivity contribution is 7.45. The van der Waals surface area contributed by atoms with E-state index < -0.39 is 20.0 Å². The van der Waals surface area contributed by atoms with Crippen LogP contribution in [0.1, 0.15) is 361 Å². The minimum absolute atomic E-state index is 0.0177. The predicted molar refractivity (Wildman–Crippen MR) is 344 cm³/mol. The largest absolute Gasteiger partial charge is 0.756 e. The maximum Gasteiger partial charge on any atom is 0.306 e. The third kappa shape index (κ3) is 61.1. The molecule has 0 rings (SSSR count). The molecule has 0 aliphatic carbocycles. The fourth-order valence-electron chi connectivity index (χ4n) is 10.7. The van der Waals surface area contributed by atoms with E-state index in [0.29, 0.717) is 17.4 Å². The molecular weight excluding hydrogens is 1010 g/mol. The van der Waals surface area contributed by atoms with Crippen LogP contribution < -0.4 is 10.2 Å². The summed E-state index contributed by atoms with van der Waals surface area (Å²) >= 11 is 0. The number of carbonyl (C=O) groups is 2. The second-order valence-electron chi connectivity index (χ2n) is 25.4. The first-order valence-corrected chi connectivity index (χ1v) is 36.6. The van der Waals surface area contributed by atoms with Gasteiger partial charge in [0.05, 0.1) is 33.8 Å². The van der Waals surface area contributed by atoms with E-state index in [9.17, 15) is 19.0 Å². The van der Waals surface area contributed by atoms with Gasteiger partial charge in [0.25, 0.3) is 7.82 Å². The molecule has 3 atom stereocenters. The van der Waals surface area contributed by atoms with Crippen LogP contribution in [0.2, 0.25) is 0 Å². The molecule has 474 valence electrons. The van der Waals surface area contributed by atoms with Gasteiger partial charge in [-0.2, -0.15) is 0 Å². The van der Waals surface area contributed by atoms with Crippen molar-refractivity contribution in [3.8, 4) is 0 Å². The zero-order valence-corrected chi connectivity index (χ0v) is 55.2. The molecule has 9 nitrogen and oxygen atoms in total. The van der Waals surface area contributed by atoms with Crippen LogP contribution >= 0.6 is 7.82 Å². The molecule has 0 heterocycles. The quantitative estimate of drug-likeness (QED) is 0.0212. The number of unbranched alkanes of at least 4 members (excludes halogenated alkanes) is 47. The Kier molecular flexibility index (Phi) is 59.5. The van der Waals surface area contributed by atoms with E-state index in [1.807, 2.05) is 33.3 Å². The summed E-state index contributed by atoms with van der Waals surface area (Å²) in [7, 11) is 1.21. The second-order valence-corrected chi connectivity index (χ2v) is 26.8. The summed E-state index contributed by atoms with van der Waals surface area (Å²) in [6.45, 7) is 6.90. The molecule has 0 saturated heterocycles. The highest BCUT2D eigenvalue weighted by Crippen LogP contribution is 2.38. The Morgan fingerprint density at radius 2 is 0.725 bits per heavy atom. The Morgan fingerprint density at radius 3 is 1.06 bits per heavy atom. The zero-order chi connectivity index (χ0) is 58.6. The fourth-order valence-corrected chi connectivity index (χ4v) is 11.4.